The maximum absolute atomic E-state index is 10.7. The normalized spacial score (nSPS) is 35.1. The summed E-state index contributed by atoms with van der Waals surface area (Å²) in [5, 5.41) is 51.4. The molecule has 6 heteroatoms. The minimum atomic E-state index is -2.22. The summed E-state index contributed by atoms with van der Waals surface area (Å²) >= 11 is 6.30. The Morgan fingerprint density at radius 3 is 2.18 bits per heavy atom. The molecule has 5 nitrogen and oxygen atoms in total. The largest absolute Gasteiger partial charge is 0.396 e. The molecule has 0 saturated heterocycles. The number of hydrogen-bond acceptors (Lipinski definition) is 5. The zero-order chi connectivity index (χ0) is 23.1. The van der Waals surface area contributed by atoms with E-state index in [1.807, 2.05) is 19.1 Å². The average molecular weight is 410 g/mol. The van der Waals surface area contributed by atoms with Crippen molar-refractivity contribution >= 4 is 11.6 Å². The summed E-state index contributed by atoms with van der Waals surface area (Å²) in [7, 11) is 0. The van der Waals surface area contributed by atoms with Gasteiger partial charge in [-0.05, 0) is 41.1 Å². The van der Waals surface area contributed by atoms with Crippen molar-refractivity contribution in [2.24, 2.45) is 5.89 Å². The topological polar surface area (TPSA) is 101 Å². The van der Waals surface area contributed by atoms with Crippen molar-refractivity contribution < 1.29 is 29.6 Å². The Morgan fingerprint density at radius 1 is 0.929 bits per heavy atom. The van der Waals surface area contributed by atoms with Crippen LogP contribution in [0.4, 0.5) is 0 Å². The number of benzene rings is 2. The molecule has 1 fully saturated rings. The summed E-state index contributed by atoms with van der Waals surface area (Å²) in [6.07, 6.45) is -8.21. The van der Waals surface area contributed by atoms with Crippen LogP contribution in [0, 0.1) is 5.89 Å². The van der Waals surface area contributed by atoms with Gasteiger partial charge in [-0.1, -0.05) is 54.9 Å². The number of halogens is 1. The third-order valence-electron chi connectivity index (χ3n) is 5.34. The SMILES string of the molecule is [2H]C([2H])(c1ccc(CC)cc1)c1cc([C@H]2[C@H](O)[C@@H](O)[C@H](O)[C@@]([2H])(CO)[C@@H]2O)ccc1Cl. The Hall–Kier alpha value is -1.47. The van der Waals surface area contributed by atoms with Gasteiger partial charge in [-0.25, -0.2) is 0 Å². The lowest BCUT2D eigenvalue weighted by atomic mass is 9.70. The second-order valence-electron chi connectivity index (χ2n) is 7.04. The quantitative estimate of drug-likeness (QED) is 0.517. The highest BCUT2D eigenvalue weighted by Crippen LogP contribution is 2.38. The van der Waals surface area contributed by atoms with Crippen molar-refractivity contribution in [1.29, 1.82) is 0 Å². The van der Waals surface area contributed by atoms with Gasteiger partial charge < -0.3 is 25.5 Å². The predicted molar refractivity (Wildman–Crippen MR) is 107 cm³/mol. The minimum Gasteiger partial charge on any atom is -0.396 e. The molecule has 152 valence electrons. The van der Waals surface area contributed by atoms with E-state index in [2.05, 4.69) is 0 Å². The molecule has 5 N–H and O–H groups in total. The lowest BCUT2D eigenvalue weighted by Gasteiger charge is -2.43. The fraction of sp³-hybridized carbons (Fsp3) is 0.455. The molecule has 0 aromatic heterocycles. The highest BCUT2D eigenvalue weighted by molar-refractivity contribution is 6.31. The van der Waals surface area contributed by atoms with Crippen LogP contribution < -0.4 is 0 Å². The molecule has 1 aliphatic rings. The fourth-order valence-electron chi connectivity index (χ4n) is 3.60. The van der Waals surface area contributed by atoms with E-state index < -0.39 is 49.2 Å². The molecule has 0 radical (unpaired) electrons. The Kier molecular flexibility index (Phi) is 5.53. The average Bonchev–Trinajstić information content (AvgIpc) is 2.77. The van der Waals surface area contributed by atoms with Crippen LogP contribution in [-0.4, -0.2) is 56.6 Å². The number of aryl methyl sites for hydroxylation is 1. The van der Waals surface area contributed by atoms with Crippen molar-refractivity contribution in [3.05, 3.63) is 69.7 Å². The Balaban J connectivity index is 2.07. The first kappa shape index (κ1) is 17.4. The van der Waals surface area contributed by atoms with Gasteiger partial charge in [0.25, 0.3) is 0 Å². The first-order chi connectivity index (χ1) is 14.5. The van der Waals surface area contributed by atoms with Crippen LogP contribution in [0.3, 0.4) is 0 Å². The van der Waals surface area contributed by atoms with E-state index in [1.165, 1.54) is 18.2 Å². The maximum atomic E-state index is 10.7. The molecule has 6 atom stereocenters. The van der Waals surface area contributed by atoms with E-state index >= 15 is 0 Å². The van der Waals surface area contributed by atoms with Crippen LogP contribution in [0.15, 0.2) is 42.5 Å². The van der Waals surface area contributed by atoms with Gasteiger partial charge in [0.05, 0.1) is 24.9 Å². The lowest BCUT2D eigenvalue weighted by molar-refractivity contribution is -0.169. The molecule has 3 rings (SSSR count). The van der Waals surface area contributed by atoms with E-state index in [4.69, 9.17) is 15.7 Å². The second-order valence-corrected chi connectivity index (χ2v) is 7.45. The summed E-state index contributed by atoms with van der Waals surface area (Å²) in [4.78, 5) is 0. The maximum Gasteiger partial charge on any atom is 0.107 e. The van der Waals surface area contributed by atoms with E-state index in [9.17, 15) is 25.5 Å². The van der Waals surface area contributed by atoms with Gasteiger partial charge in [0.1, 0.15) is 6.10 Å². The van der Waals surface area contributed by atoms with Gasteiger partial charge in [0.2, 0.25) is 0 Å². The molecule has 1 aliphatic carbocycles. The Labute approximate surface area is 174 Å². The van der Waals surface area contributed by atoms with Gasteiger partial charge in [-0.15, -0.1) is 0 Å². The number of hydrogen-bond donors (Lipinski definition) is 5. The van der Waals surface area contributed by atoms with Gasteiger partial charge in [0.15, 0.2) is 0 Å². The molecule has 2 aromatic carbocycles. The third kappa shape index (κ3) is 4.10. The van der Waals surface area contributed by atoms with Crippen LogP contribution >= 0.6 is 11.6 Å². The first-order valence-corrected chi connectivity index (χ1v) is 9.59. The molecule has 0 bridgehead atoms. The molecular weight excluding hydrogens is 380 g/mol. The lowest BCUT2D eigenvalue weighted by Crippen LogP contribution is -2.58. The number of rotatable bonds is 5. The molecule has 0 unspecified atom stereocenters. The van der Waals surface area contributed by atoms with Crippen LogP contribution in [0.5, 0.6) is 0 Å². The molecular formula is C22H27ClO5. The van der Waals surface area contributed by atoms with E-state index in [1.54, 1.807) is 12.1 Å². The highest BCUT2D eigenvalue weighted by atomic mass is 35.5. The fourth-order valence-corrected chi connectivity index (χ4v) is 3.77. The smallest absolute Gasteiger partial charge is 0.107 e. The Morgan fingerprint density at radius 2 is 1.57 bits per heavy atom. The van der Waals surface area contributed by atoms with Crippen LogP contribution in [0.2, 0.25) is 5.02 Å². The van der Waals surface area contributed by atoms with Gasteiger partial charge in [-0.2, -0.15) is 0 Å². The molecule has 2 aromatic rings. The van der Waals surface area contributed by atoms with Crippen molar-refractivity contribution in [1.82, 2.24) is 0 Å². The third-order valence-corrected chi connectivity index (χ3v) is 5.67. The van der Waals surface area contributed by atoms with E-state index in [0.29, 0.717) is 5.56 Å². The van der Waals surface area contributed by atoms with Crippen LogP contribution in [0.25, 0.3) is 0 Å². The molecule has 1 saturated carbocycles. The van der Waals surface area contributed by atoms with Crippen LogP contribution in [-0.2, 0) is 12.8 Å². The summed E-state index contributed by atoms with van der Waals surface area (Å²) in [6.45, 7) is 1.05. The van der Waals surface area contributed by atoms with Gasteiger partial charge >= 0.3 is 0 Å². The summed E-state index contributed by atoms with van der Waals surface area (Å²) in [5.41, 5.74) is 1.74. The monoisotopic (exact) mass is 409 g/mol. The van der Waals surface area contributed by atoms with Gasteiger partial charge in [-0.3, -0.25) is 0 Å². The number of aliphatic hydroxyl groups excluding tert-OH is 5. The standard InChI is InChI=1S/C22H27ClO5/c1-2-12-3-5-13(6-4-12)9-15-10-14(7-8-17(15)23)18-19(25)16(11-24)20(26)22(28)21(18)27/h3-8,10,16,18-22,24-28H,2,9,11H2,1H3/t16-,18+,19-,20+,21-,22-/m0/s1/i9D2,16D. The van der Waals surface area contributed by atoms with Crippen molar-refractivity contribution in [2.75, 3.05) is 6.61 Å². The summed E-state index contributed by atoms with van der Waals surface area (Å²) in [5.74, 6) is -3.48. The highest BCUT2D eigenvalue weighted by Gasteiger charge is 2.48. The summed E-state index contributed by atoms with van der Waals surface area (Å²) in [6, 6.07) is 11.3. The number of aliphatic hydroxyl groups is 5. The molecule has 0 heterocycles. The van der Waals surface area contributed by atoms with Crippen LogP contribution in [0.1, 0.15) is 39.2 Å². The minimum absolute atomic E-state index is 0.0931. The van der Waals surface area contributed by atoms with Crippen molar-refractivity contribution in [2.45, 2.75) is 50.1 Å². The summed E-state index contributed by atoms with van der Waals surface area (Å²) < 4.78 is 25.6. The van der Waals surface area contributed by atoms with E-state index in [0.717, 1.165) is 12.0 Å². The van der Waals surface area contributed by atoms with E-state index in [-0.39, 0.29) is 16.1 Å². The predicted octanol–water partition coefficient (Wildman–Crippen LogP) is 1.64. The van der Waals surface area contributed by atoms with Crippen molar-refractivity contribution in [3.63, 3.8) is 0 Å². The zero-order valence-electron chi connectivity index (χ0n) is 18.5. The second kappa shape index (κ2) is 8.91. The first-order valence-electron chi connectivity index (χ1n) is 10.7. The Bertz CT molecular complexity index is 926. The molecule has 0 amide bonds. The molecule has 0 spiro atoms. The molecule has 0 aliphatic heterocycles. The molecule has 28 heavy (non-hydrogen) atoms. The van der Waals surface area contributed by atoms with Crippen molar-refractivity contribution in [3.8, 4) is 0 Å². The van der Waals surface area contributed by atoms with Gasteiger partial charge in [0, 0.05) is 20.9 Å². The zero-order valence-corrected chi connectivity index (χ0v) is 16.2.